The average Bonchev–Trinajstić information content (AvgIpc) is 2.65. The Kier molecular flexibility index (Phi) is 5.63. The fourth-order valence-corrected chi connectivity index (χ4v) is 3.56. The Morgan fingerprint density at radius 1 is 1.22 bits per heavy atom. The monoisotopic (exact) mass is 371 g/mol. The van der Waals surface area contributed by atoms with Crippen LogP contribution in [0.1, 0.15) is 50.6 Å². The van der Waals surface area contributed by atoms with Crippen molar-refractivity contribution in [2.45, 2.75) is 52.2 Å². The molecule has 4 atom stereocenters. The van der Waals surface area contributed by atoms with Gasteiger partial charge in [0.15, 0.2) is 11.5 Å². The van der Waals surface area contributed by atoms with Crippen molar-refractivity contribution in [2.75, 3.05) is 0 Å². The molecule has 1 aliphatic carbocycles. The van der Waals surface area contributed by atoms with Crippen molar-refractivity contribution >= 4 is 22.8 Å². The van der Waals surface area contributed by atoms with Gasteiger partial charge >= 0.3 is 5.97 Å². The van der Waals surface area contributed by atoms with E-state index in [1.165, 1.54) is 13.3 Å². The first-order chi connectivity index (χ1) is 12.9. The number of nitrogens with one attached hydrogen (secondary N) is 1. The van der Waals surface area contributed by atoms with Gasteiger partial charge in [-0.05, 0) is 37.3 Å². The van der Waals surface area contributed by atoms with Crippen molar-refractivity contribution in [1.29, 1.82) is 0 Å². The molecule has 1 N–H and O–H groups in total. The van der Waals surface area contributed by atoms with E-state index in [4.69, 9.17) is 9.15 Å². The number of amides is 1. The quantitative estimate of drug-likeness (QED) is 0.834. The van der Waals surface area contributed by atoms with Crippen LogP contribution in [0.5, 0.6) is 0 Å². The molecule has 0 radical (unpaired) electrons. The Hall–Kier alpha value is -2.63. The second-order valence-electron chi connectivity index (χ2n) is 7.40. The molecule has 1 saturated carbocycles. The molecule has 1 amide bonds. The standard InChI is InChI=1S/C21H25NO5/c1-12-7-6-9-16(13(12)2)22-20(24)14(3)26-21(25)19-11-17(23)15-8-4-5-10-18(15)27-19/h4-5,8,10-14,16H,6-7,9H2,1-3H3,(H,22,24)/t12-,13-,14-,16+/m1/s1. The van der Waals surface area contributed by atoms with Crippen LogP contribution >= 0.6 is 0 Å². The Balaban J connectivity index is 1.66. The zero-order valence-corrected chi connectivity index (χ0v) is 15.9. The summed E-state index contributed by atoms with van der Waals surface area (Å²) in [7, 11) is 0. The van der Waals surface area contributed by atoms with Crippen LogP contribution in [0.2, 0.25) is 0 Å². The van der Waals surface area contributed by atoms with E-state index in [0.29, 0.717) is 22.8 Å². The first-order valence-electron chi connectivity index (χ1n) is 9.41. The molecule has 0 saturated heterocycles. The summed E-state index contributed by atoms with van der Waals surface area (Å²) in [6.07, 6.45) is 2.20. The molecule has 6 nitrogen and oxygen atoms in total. The largest absolute Gasteiger partial charge is 0.449 e. The van der Waals surface area contributed by atoms with E-state index >= 15 is 0 Å². The normalized spacial score (nSPS) is 23.6. The molecule has 0 unspecified atom stereocenters. The molecule has 144 valence electrons. The van der Waals surface area contributed by atoms with Gasteiger partial charge in [0.05, 0.1) is 5.39 Å². The summed E-state index contributed by atoms with van der Waals surface area (Å²) in [6, 6.07) is 7.84. The van der Waals surface area contributed by atoms with Gasteiger partial charge in [-0.3, -0.25) is 9.59 Å². The molecule has 6 heteroatoms. The SMILES string of the molecule is C[C@@H]1[C@H](C)CCC[C@@H]1NC(=O)[C@@H](C)OC(=O)c1cc(=O)c2ccccc2o1. The summed E-state index contributed by atoms with van der Waals surface area (Å²) >= 11 is 0. The van der Waals surface area contributed by atoms with E-state index in [1.807, 2.05) is 0 Å². The molecule has 0 spiro atoms. The van der Waals surface area contributed by atoms with E-state index in [2.05, 4.69) is 19.2 Å². The number of ether oxygens (including phenoxy) is 1. The van der Waals surface area contributed by atoms with E-state index in [1.54, 1.807) is 24.3 Å². The van der Waals surface area contributed by atoms with Crippen LogP contribution in [-0.2, 0) is 9.53 Å². The molecule has 1 fully saturated rings. The topological polar surface area (TPSA) is 85.6 Å². The lowest BCUT2D eigenvalue weighted by atomic mass is 9.78. The molecule has 0 bridgehead atoms. The zero-order valence-electron chi connectivity index (χ0n) is 15.9. The highest BCUT2D eigenvalue weighted by molar-refractivity contribution is 5.91. The third-order valence-corrected chi connectivity index (χ3v) is 5.52. The van der Waals surface area contributed by atoms with Crippen LogP contribution in [0, 0.1) is 11.8 Å². The van der Waals surface area contributed by atoms with Crippen LogP contribution in [0.4, 0.5) is 0 Å². The summed E-state index contributed by atoms with van der Waals surface area (Å²) in [5.41, 5.74) is -0.0232. The molecule has 0 aliphatic heterocycles. The highest BCUT2D eigenvalue weighted by Gasteiger charge is 2.30. The minimum atomic E-state index is -0.973. The second kappa shape index (κ2) is 7.94. The summed E-state index contributed by atoms with van der Waals surface area (Å²) in [5, 5.41) is 3.38. The van der Waals surface area contributed by atoms with Crippen molar-refractivity contribution in [2.24, 2.45) is 11.8 Å². The molecule has 2 aromatic rings. The summed E-state index contributed by atoms with van der Waals surface area (Å²) < 4.78 is 10.7. The number of carbonyl (C=O) groups is 2. The zero-order chi connectivity index (χ0) is 19.6. The van der Waals surface area contributed by atoms with Gasteiger partial charge < -0.3 is 14.5 Å². The first-order valence-corrected chi connectivity index (χ1v) is 9.41. The molecular weight excluding hydrogens is 346 g/mol. The van der Waals surface area contributed by atoms with Gasteiger partial charge in [0.2, 0.25) is 5.76 Å². The summed E-state index contributed by atoms with van der Waals surface area (Å²) in [6.45, 7) is 5.84. The molecule has 1 aromatic carbocycles. The number of carbonyl (C=O) groups excluding carboxylic acids is 2. The van der Waals surface area contributed by atoms with Gasteiger partial charge in [0.1, 0.15) is 5.58 Å². The number of hydrogen-bond acceptors (Lipinski definition) is 5. The number of esters is 1. The maximum absolute atomic E-state index is 12.4. The van der Waals surface area contributed by atoms with Crippen molar-refractivity contribution < 1.29 is 18.7 Å². The number of fused-ring (bicyclic) bond motifs is 1. The fourth-order valence-electron chi connectivity index (χ4n) is 3.56. The first kappa shape index (κ1) is 19.1. The number of hydrogen-bond donors (Lipinski definition) is 1. The van der Waals surface area contributed by atoms with Crippen LogP contribution in [-0.4, -0.2) is 24.0 Å². The van der Waals surface area contributed by atoms with E-state index in [0.717, 1.165) is 18.9 Å². The second-order valence-corrected chi connectivity index (χ2v) is 7.40. The average molecular weight is 371 g/mol. The summed E-state index contributed by atoms with van der Waals surface area (Å²) in [4.78, 5) is 36.9. The molecular formula is C21H25NO5. The Bertz CT molecular complexity index is 903. The lowest BCUT2D eigenvalue weighted by molar-refractivity contribution is -0.130. The third-order valence-electron chi connectivity index (χ3n) is 5.52. The molecule has 3 rings (SSSR count). The fraction of sp³-hybridized carbons (Fsp3) is 0.476. The van der Waals surface area contributed by atoms with Gasteiger partial charge in [-0.1, -0.05) is 38.8 Å². The minimum absolute atomic E-state index is 0.0843. The smallest absolute Gasteiger partial charge is 0.375 e. The minimum Gasteiger partial charge on any atom is -0.449 e. The van der Waals surface area contributed by atoms with Gasteiger partial charge in [0, 0.05) is 12.1 Å². The maximum atomic E-state index is 12.4. The lowest BCUT2D eigenvalue weighted by Crippen LogP contribution is -2.47. The predicted molar refractivity (Wildman–Crippen MR) is 101 cm³/mol. The highest BCUT2D eigenvalue weighted by Crippen LogP contribution is 2.29. The van der Waals surface area contributed by atoms with Crippen molar-refractivity contribution in [3.63, 3.8) is 0 Å². The number of para-hydroxylation sites is 1. The van der Waals surface area contributed by atoms with Gasteiger partial charge in [-0.2, -0.15) is 0 Å². The van der Waals surface area contributed by atoms with Gasteiger partial charge in [-0.25, -0.2) is 4.79 Å². The third kappa shape index (κ3) is 4.21. The Labute approximate surface area is 157 Å². The predicted octanol–water partition coefficient (Wildman–Crippen LogP) is 3.28. The number of benzene rings is 1. The number of rotatable bonds is 4. The highest BCUT2D eigenvalue weighted by atomic mass is 16.6. The molecule has 1 heterocycles. The van der Waals surface area contributed by atoms with Crippen LogP contribution in [0.15, 0.2) is 39.5 Å². The van der Waals surface area contributed by atoms with Crippen LogP contribution in [0.3, 0.4) is 0 Å². The lowest BCUT2D eigenvalue weighted by Gasteiger charge is -2.35. The summed E-state index contributed by atoms with van der Waals surface area (Å²) in [5.74, 6) is -0.445. The Morgan fingerprint density at radius 3 is 2.74 bits per heavy atom. The molecule has 1 aromatic heterocycles. The maximum Gasteiger partial charge on any atom is 0.375 e. The Morgan fingerprint density at radius 2 is 1.96 bits per heavy atom. The van der Waals surface area contributed by atoms with E-state index in [9.17, 15) is 14.4 Å². The molecule has 27 heavy (non-hydrogen) atoms. The van der Waals surface area contributed by atoms with Gasteiger partial charge in [0.25, 0.3) is 5.91 Å². The van der Waals surface area contributed by atoms with Crippen molar-refractivity contribution in [3.8, 4) is 0 Å². The van der Waals surface area contributed by atoms with Crippen molar-refractivity contribution in [1.82, 2.24) is 5.32 Å². The van der Waals surface area contributed by atoms with E-state index in [-0.39, 0.29) is 23.1 Å². The van der Waals surface area contributed by atoms with E-state index < -0.39 is 12.1 Å². The van der Waals surface area contributed by atoms with Crippen LogP contribution in [0.25, 0.3) is 11.0 Å². The van der Waals surface area contributed by atoms with Crippen molar-refractivity contribution in [3.05, 3.63) is 46.3 Å². The van der Waals surface area contributed by atoms with Crippen LogP contribution < -0.4 is 10.7 Å². The van der Waals surface area contributed by atoms with Gasteiger partial charge in [-0.15, -0.1) is 0 Å². The molecule has 1 aliphatic rings.